The number of nitrogens with zero attached hydrogens (tertiary/aromatic N) is 6. The molecule has 2 saturated heterocycles. The van der Waals surface area contributed by atoms with E-state index in [0.29, 0.717) is 85.5 Å². The average Bonchev–Trinajstić information content (AvgIpc) is 3.74. The number of hydrogen-bond acceptors (Lipinski definition) is 15. The zero-order valence-corrected chi connectivity index (χ0v) is 40.7. The third kappa shape index (κ3) is 12.3. The minimum Gasteiger partial charge on any atom is -0.495 e. The number of amides is 4. The maximum absolute atomic E-state index is 15.0. The smallest absolute Gasteiger partial charge is 0.258 e. The Labute approximate surface area is 402 Å². The first-order valence-corrected chi connectivity index (χ1v) is 24.5. The van der Waals surface area contributed by atoms with Crippen molar-refractivity contribution in [3.63, 3.8) is 0 Å². The quantitative estimate of drug-likeness (QED) is 0.0748. The van der Waals surface area contributed by atoms with Crippen molar-refractivity contribution >= 4 is 75.8 Å². The lowest BCUT2D eigenvalue weighted by Gasteiger charge is -2.37. The van der Waals surface area contributed by atoms with E-state index in [4.69, 9.17) is 21.1 Å². The number of ether oxygens (including phenoxy) is 2. The molecule has 2 aromatic carbocycles. The van der Waals surface area contributed by atoms with Crippen LogP contribution in [0.4, 0.5) is 21.8 Å². The molecule has 1 aliphatic carbocycles. The van der Waals surface area contributed by atoms with Gasteiger partial charge in [-0.2, -0.15) is 16.7 Å². The van der Waals surface area contributed by atoms with Crippen LogP contribution in [0, 0.1) is 6.92 Å². The van der Waals surface area contributed by atoms with Crippen LogP contribution in [0.3, 0.4) is 0 Å². The zero-order valence-electron chi connectivity index (χ0n) is 38.3. The number of aromatic nitrogens is 3. The molecule has 3 atom stereocenters. The molecule has 3 fully saturated rings. The van der Waals surface area contributed by atoms with Gasteiger partial charge in [0.25, 0.3) is 11.8 Å². The first-order chi connectivity index (χ1) is 32.1. The number of alkyl halides is 1. The van der Waals surface area contributed by atoms with E-state index >= 15 is 4.39 Å². The summed E-state index contributed by atoms with van der Waals surface area (Å²) in [7, 11) is 3.24. The summed E-state index contributed by atoms with van der Waals surface area (Å²) in [5, 5.41) is 22.7. The monoisotopic (exact) mass is 980 g/mol. The number of nitrogens with one attached hydrogen (secondary N) is 4. The predicted molar refractivity (Wildman–Crippen MR) is 258 cm³/mol. The topological polar surface area (TPSA) is 203 Å². The fourth-order valence-corrected chi connectivity index (χ4v) is 10.1. The molecule has 3 aliphatic rings. The Balaban J connectivity index is 0.867. The van der Waals surface area contributed by atoms with Crippen molar-refractivity contribution in [3.8, 4) is 16.2 Å². The first kappa shape index (κ1) is 49.8. The molecule has 5 N–H and O–H groups in total. The minimum atomic E-state index is -2.03. The van der Waals surface area contributed by atoms with E-state index in [-0.39, 0.29) is 38.3 Å². The SMILES string of the molecule is CNc1nc(Nc2ccc(C(=O)N3CCN(CCOCCSC(C)(C)C(NC(=O)C4(F)CC4)C(=O)N4C[C@H](O)C[C@H]4C(=O)NCc4ccc(-c5scnc5C)cc4)CC3)cc2OC)ncc1Cl. The van der Waals surface area contributed by atoms with Crippen molar-refractivity contribution in [2.45, 2.75) is 75.2 Å². The number of benzene rings is 2. The molecule has 1 unspecified atom stereocenters. The molecule has 0 bridgehead atoms. The summed E-state index contributed by atoms with van der Waals surface area (Å²) < 4.78 is 25.7. The molecule has 0 radical (unpaired) electrons. The number of carbonyl (C=O) groups is 4. The number of methoxy groups -OCH3 is 1. The first-order valence-electron chi connectivity index (χ1n) is 22.2. The van der Waals surface area contributed by atoms with E-state index in [9.17, 15) is 24.3 Å². The van der Waals surface area contributed by atoms with Crippen LogP contribution in [0.15, 0.2) is 54.2 Å². The highest BCUT2D eigenvalue weighted by Crippen LogP contribution is 2.41. The zero-order chi connectivity index (χ0) is 47.9. The lowest BCUT2D eigenvalue weighted by Crippen LogP contribution is -2.61. The number of aliphatic hydroxyl groups excluding tert-OH is 1. The van der Waals surface area contributed by atoms with E-state index < -0.39 is 46.3 Å². The number of thioether (sulfide) groups is 1. The molecule has 4 amide bonds. The van der Waals surface area contributed by atoms with E-state index in [1.54, 1.807) is 55.9 Å². The van der Waals surface area contributed by atoms with Gasteiger partial charge in [-0.1, -0.05) is 35.9 Å². The van der Waals surface area contributed by atoms with Crippen molar-refractivity contribution in [2.75, 3.05) is 83.0 Å². The van der Waals surface area contributed by atoms with Gasteiger partial charge in [0, 0.05) is 75.3 Å². The molecule has 360 valence electrons. The summed E-state index contributed by atoms with van der Waals surface area (Å²) >= 11 is 9.07. The fraction of sp³-hybridized carbons (Fsp3) is 0.500. The van der Waals surface area contributed by atoms with E-state index in [1.807, 2.05) is 36.1 Å². The Bertz CT molecular complexity index is 2400. The van der Waals surface area contributed by atoms with Gasteiger partial charge >= 0.3 is 0 Å². The molecular formula is C46H58ClFN10O7S2. The van der Waals surface area contributed by atoms with Crippen LogP contribution in [0.25, 0.3) is 10.4 Å². The van der Waals surface area contributed by atoms with Crippen LogP contribution in [0.2, 0.25) is 5.02 Å². The highest BCUT2D eigenvalue weighted by Gasteiger charge is 2.54. The van der Waals surface area contributed by atoms with Gasteiger partial charge in [0.1, 0.15) is 28.7 Å². The number of β-amino-alcohol motifs (C(OH)–C–C–N with tert-alkyl or cyclic N) is 1. The van der Waals surface area contributed by atoms with Crippen LogP contribution in [-0.2, 0) is 25.7 Å². The second-order valence-electron chi connectivity index (χ2n) is 17.3. The summed E-state index contributed by atoms with van der Waals surface area (Å²) in [6.45, 7) is 9.52. The lowest BCUT2D eigenvalue weighted by atomic mass is 10.00. The Morgan fingerprint density at radius 3 is 2.49 bits per heavy atom. The van der Waals surface area contributed by atoms with Gasteiger partial charge in [-0.3, -0.25) is 24.1 Å². The normalized spacial score (nSPS) is 18.6. The van der Waals surface area contributed by atoms with Crippen LogP contribution < -0.4 is 26.0 Å². The average molecular weight is 982 g/mol. The summed E-state index contributed by atoms with van der Waals surface area (Å²) in [6, 6.07) is 10.8. The summed E-state index contributed by atoms with van der Waals surface area (Å²) in [5.74, 6) is -0.232. The number of carbonyl (C=O) groups excluding carboxylic acids is 4. The molecule has 2 aromatic heterocycles. The molecule has 7 rings (SSSR count). The van der Waals surface area contributed by atoms with Crippen LogP contribution in [-0.4, -0.2) is 159 Å². The second kappa shape index (κ2) is 21.9. The predicted octanol–water partition coefficient (Wildman–Crippen LogP) is 4.91. The van der Waals surface area contributed by atoms with Crippen molar-refractivity contribution in [1.82, 2.24) is 40.3 Å². The van der Waals surface area contributed by atoms with Gasteiger partial charge in [0.15, 0.2) is 5.67 Å². The van der Waals surface area contributed by atoms with Gasteiger partial charge in [-0.25, -0.2) is 14.4 Å². The molecule has 21 heteroatoms. The lowest BCUT2D eigenvalue weighted by molar-refractivity contribution is -0.143. The van der Waals surface area contributed by atoms with Crippen molar-refractivity contribution in [3.05, 3.63) is 76.0 Å². The molecule has 4 heterocycles. The number of thiazole rings is 1. The number of hydrogen-bond donors (Lipinski definition) is 5. The molecule has 1 saturated carbocycles. The van der Waals surface area contributed by atoms with E-state index in [0.717, 1.165) is 21.7 Å². The van der Waals surface area contributed by atoms with Crippen LogP contribution in [0.1, 0.15) is 54.7 Å². The van der Waals surface area contributed by atoms with Crippen molar-refractivity contribution in [1.29, 1.82) is 0 Å². The summed E-state index contributed by atoms with van der Waals surface area (Å²) in [6.07, 6.45) is 0.724. The number of rotatable bonds is 20. The van der Waals surface area contributed by atoms with Gasteiger partial charge in [-0.15, -0.1) is 11.3 Å². The highest BCUT2D eigenvalue weighted by molar-refractivity contribution is 8.00. The number of halogens is 2. The minimum absolute atomic E-state index is 0.0316. The van der Waals surface area contributed by atoms with Gasteiger partial charge < -0.3 is 45.6 Å². The molecule has 17 nitrogen and oxygen atoms in total. The van der Waals surface area contributed by atoms with Crippen molar-refractivity contribution < 1.29 is 38.1 Å². The molecular weight excluding hydrogens is 923 g/mol. The highest BCUT2D eigenvalue weighted by atomic mass is 35.5. The largest absolute Gasteiger partial charge is 0.495 e. The molecule has 2 aliphatic heterocycles. The van der Waals surface area contributed by atoms with Crippen LogP contribution >= 0.6 is 34.7 Å². The maximum atomic E-state index is 15.0. The van der Waals surface area contributed by atoms with Crippen LogP contribution in [0.5, 0.6) is 5.75 Å². The summed E-state index contributed by atoms with van der Waals surface area (Å²) in [4.78, 5) is 73.9. The Kier molecular flexibility index (Phi) is 16.3. The number of aliphatic hydroxyl groups is 1. The second-order valence-corrected chi connectivity index (χ2v) is 20.3. The van der Waals surface area contributed by atoms with Gasteiger partial charge in [-0.05, 0) is 62.9 Å². The molecule has 4 aromatic rings. The molecule has 67 heavy (non-hydrogen) atoms. The van der Waals surface area contributed by atoms with Gasteiger partial charge in [0.05, 0.1) is 54.4 Å². The fourth-order valence-electron chi connectivity index (χ4n) is 8.01. The maximum Gasteiger partial charge on any atom is 0.258 e. The number of aryl methyl sites for hydroxylation is 1. The summed E-state index contributed by atoms with van der Waals surface area (Å²) in [5.41, 5.74) is 3.69. The number of likely N-dealkylation sites (tertiary alicyclic amines) is 1. The Morgan fingerprint density at radius 1 is 1.07 bits per heavy atom. The van der Waals surface area contributed by atoms with Gasteiger partial charge in [0.2, 0.25) is 17.8 Å². The number of piperazine rings is 1. The Hall–Kier alpha value is -5.12. The van der Waals surface area contributed by atoms with E-state index in [1.165, 1.54) is 30.0 Å². The third-order valence-corrected chi connectivity index (χ3v) is 14.8. The van der Waals surface area contributed by atoms with E-state index in [2.05, 4.69) is 41.1 Å². The molecule has 0 spiro atoms. The standard InChI is InChI=1S/C46H58ClFN10O7S2/c1-28-37(66-27-52-28)30-8-6-29(7-9-30)24-50-40(60)35-23-32(59)26-58(35)42(62)38(54-43(63)46(48)12-13-46)45(2,3)67-21-20-65-19-18-56-14-16-57(17-15-56)41(61)31-10-11-34(36(22-31)64-5)53-44-51-25-33(47)39(49-4)55-44/h6-11,22,25,27,32,35,38,59H,12-21,23-24,26H2,1-5H3,(H,50,60)(H,54,63)(H2,49,51,53,55)/t32-,35+,38?/m1/s1. The van der Waals surface area contributed by atoms with Crippen molar-refractivity contribution in [2.24, 2.45) is 0 Å². The third-order valence-electron chi connectivity index (χ3n) is 12.2. The number of anilines is 3. The Morgan fingerprint density at radius 2 is 1.82 bits per heavy atom.